The lowest BCUT2D eigenvalue weighted by atomic mass is 10.0. The van der Waals surface area contributed by atoms with Crippen molar-refractivity contribution >= 4 is 23.2 Å². The molecule has 1 saturated heterocycles. The Morgan fingerprint density at radius 2 is 2.19 bits per heavy atom. The summed E-state index contributed by atoms with van der Waals surface area (Å²) in [5, 5.41) is 22.8. The van der Waals surface area contributed by atoms with Crippen molar-refractivity contribution in [2.75, 3.05) is 13.6 Å². The van der Waals surface area contributed by atoms with Crippen LogP contribution in [-0.4, -0.2) is 62.6 Å². The van der Waals surface area contributed by atoms with Crippen LogP contribution in [0.5, 0.6) is 0 Å². The van der Waals surface area contributed by atoms with Crippen LogP contribution in [-0.2, 0) is 9.59 Å². The van der Waals surface area contributed by atoms with E-state index in [1.807, 2.05) is 31.4 Å². The minimum atomic E-state index is -0.702. The molecule has 2 aromatic rings. The van der Waals surface area contributed by atoms with Gasteiger partial charge in [-0.15, -0.1) is 16.4 Å². The third kappa shape index (κ3) is 3.49. The van der Waals surface area contributed by atoms with E-state index < -0.39 is 18.2 Å². The molecule has 2 aromatic heterocycles. The number of hydrogen-bond acceptors (Lipinski definition) is 6. The fourth-order valence-corrected chi connectivity index (χ4v) is 3.97. The lowest BCUT2D eigenvalue weighted by molar-refractivity contribution is -0.142. The first kappa shape index (κ1) is 18.5. The van der Waals surface area contributed by atoms with E-state index in [-0.39, 0.29) is 30.7 Å². The van der Waals surface area contributed by atoms with Gasteiger partial charge in [-0.3, -0.25) is 9.59 Å². The second-order valence-corrected chi connectivity index (χ2v) is 7.71. The molecule has 3 rings (SSSR count). The van der Waals surface area contributed by atoms with Gasteiger partial charge in [0.1, 0.15) is 17.8 Å². The standard InChI is InChI=1S/C17H23N5O3S/c1-10(2)15(22-9-12(19-20-22)14-5-4-6-26-14)17(25)21-8-11(23)7-13(21)16(24)18-3/h4-6,9-11,13,15,23H,7-8H2,1-3H3,(H,18,24)/t11-,13+,15+/m1/s1. The number of aromatic nitrogens is 3. The van der Waals surface area contributed by atoms with Gasteiger partial charge in [0.25, 0.3) is 0 Å². The topological polar surface area (TPSA) is 100 Å². The molecular formula is C17H23N5O3S. The predicted molar refractivity (Wildman–Crippen MR) is 97.4 cm³/mol. The van der Waals surface area contributed by atoms with Crippen molar-refractivity contribution in [3.63, 3.8) is 0 Å². The SMILES string of the molecule is CNC(=O)[C@@H]1C[C@@H](O)CN1C(=O)[C@H](C(C)C)n1cc(-c2cccs2)nn1. The highest BCUT2D eigenvalue weighted by molar-refractivity contribution is 7.13. The van der Waals surface area contributed by atoms with Crippen molar-refractivity contribution in [1.82, 2.24) is 25.2 Å². The number of hydrogen-bond donors (Lipinski definition) is 2. The molecule has 2 amide bonds. The molecule has 1 aliphatic rings. The summed E-state index contributed by atoms with van der Waals surface area (Å²) in [6.07, 6.45) is 1.30. The molecule has 0 unspecified atom stereocenters. The number of carbonyl (C=O) groups excluding carboxylic acids is 2. The highest BCUT2D eigenvalue weighted by Crippen LogP contribution is 2.28. The molecule has 2 N–H and O–H groups in total. The van der Waals surface area contributed by atoms with E-state index in [9.17, 15) is 14.7 Å². The van der Waals surface area contributed by atoms with Gasteiger partial charge < -0.3 is 15.3 Å². The van der Waals surface area contributed by atoms with Crippen molar-refractivity contribution in [1.29, 1.82) is 0 Å². The Kier molecular flexibility index (Phi) is 5.38. The van der Waals surface area contributed by atoms with Gasteiger partial charge in [0, 0.05) is 20.0 Å². The summed E-state index contributed by atoms with van der Waals surface area (Å²) < 4.78 is 1.56. The molecule has 3 atom stereocenters. The van der Waals surface area contributed by atoms with Crippen LogP contribution >= 0.6 is 11.3 Å². The number of aliphatic hydroxyl groups is 1. The van der Waals surface area contributed by atoms with Gasteiger partial charge in [-0.2, -0.15) is 0 Å². The number of carbonyl (C=O) groups is 2. The molecule has 0 aliphatic carbocycles. The molecule has 0 aromatic carbocycles. The van der Waals surface area contributed by atoms with Crippen molar-refractivity contribution < 1.29 is 14.7 Å². The largest absolute Gasteiger partial charge is 0.391 e. The van der Waals surface area contributed by atoms with E-state index in [1.165, 1.54) is 11.9 Å². The highest BCUT2D eigenvalue weighted by atomic mass is 32.1. The van der Waals surface area contributed by atoms with Gasteiger partial charge >= 0.3 is 0 Å². The van der Waals surface area contributed by atoms with Crippen LogP contribution in [0.1, 0.15) is 26.3 Å². The molecule has 26 heavy (non-hydrogen) atoms. The highest BCUT2D eigenvalue weighted by Gasteiger charge is 2.42. The van der Waals surface area contributed by atoms with Crippen LogP contribution in [0, 0.1) is 5.92 Å². The Hall–Kier alpha value is -2.26. The van der Waals surface area contributed by atoms with Crippen LogP contribution in [0.4, 0.5) is 0 Å². The fraction of sp³-hybridized carbons (Fsp3) is 0.529. The number of likely N-dealkylation sites (tertiary alicyclic amines) is 1. The zero-order chi connectivity index (χ0) is 18.8. The van der Waals surface area contributed by atoms with Crippen LogP contribution < -0.4 is 5.32 Å². The van der Waals surface area contributed by atoms with E-state index >= 15 is 0 Å². The number of amides is 2. The number of likely N-dealkylation sites (N-methyl/N-ethyl adjacent to an activating group) is 1. The number of aliphatic hydroxyl groups excluding tert-OH is 1. The van der Waals surface area contributed by atoms with Crippen molar-refractivity contribution in [3.05, 3.63) is 23.7 Å². The molecular weight excluding hydrogens is 354 g/mol. The summed E-state index contributed by atoms with van der Waals surface area (Å²) in [6, 6.07) is 2.63. The van der Waals surface area contributed by atoms with Crippen LogP contribution in [0.2, 0.25) is 0 Å². The third-order valence-corrected chi connectivity index (χ3v) is 5.46. The summed E-state index contributed by atoms with van der Waals surface area (Å²) >= 11 is 1.55. The minimum absolute atomic E-state index is 0.0523. The molecule has 0 saturated carbocycles. The van der Waals surface area contributed by atoms with E-state index in [0.29, 0.717) is 5.69 Å². The lowest BCUT2D eigenvalue weighted by Crippen LogP contribution is -2.48. The molecule has 8 nitrogen and oxygen atoms in total. The first-order valence-electron chi connectivity index (χ1n) is 8.58. The average Bonchev–Trinajstić information content (AvgIpc) is 3.33. The lowest BCUT2D eigenvalue weighted by Gasteiger charge is -2.29. The maximum absolute atomic E-state index is 13.2. The Balaban J connectivity index is 1.88. The molecule has 9 heteroatoms. The first-order valence-corrected chi connectivity index (χ1v) is 9.46. The zero-order valence-electron chi connectivity index (χ0n) is 15.0. The van der Waals surface area contributed by atoms with Crippen molar-refractivity contribution in [2.45, 2.75) is 38.5 Å². The third-order valence-electron chi connectivity index (χ3n) is 4.56. The summed E-state index contributed by atoms with van der Waals surface area (Å²) in [5.74, 6) is -0.550. The normalized spacial score (nSPS) is 21.2. The fourth-order valence-electron chi connectivity index (χ4n) is 3.30. The Bertz CT molecular complexity index is 773. The quantitative estimate of drug-likeness (QED) is 0.807. The van der Waals surface area contributed by atoms with Gasteiger partial charge in [-0.1, -0.05) is 25.1 Å². The van der Waals surface area contributed by atoms with Crippen molar-refractivity contribution in [3.8, 4) is 10.6 Å². The molecule has 0 spiro atoms. The second-order valence-electron chi connectivity index (χ2n) is 6.76. The van der Waals surface area contributed by atoms with Crippen molar-refractivity contribution in [2.24, 2.45) is 5.92 Å². The monoisotopic (exact) mass is 377 g/mol. The average molecular weight is 377 g/mol. The van der Waals surface area contributed by atoms with Crippen LogP contribution in [0.15, 0.2) is 23.7 Å². The number of nitrogens with one attached hydrogen (secondary N) is 1. The van der Waals surface area contributed by atoms with Gasteiger partial charge in [0.2, 0.25) is 11.8 Å². The number of rotatable bonds is 5. The first-order chi connectivity index (χ1) is 12.4. The van der Waals surface area contributed by atoms with E-state index in [1.54, 1.807) is 22.2 Å². The maximum atomic E-state index is 13.2. The van der Waals surface area contributed by atoms with E-state index in [2.05, 4.69) is 15.6 Å². The number of nitrogens with zero attached hydrogens (tertiary/aromatic N) is 4. The predicted octanol–water partition coefficient (Wildman–Crippen LogP) is 0.911. The van der Waals surface area contributed by atoms with Crippen LogP contribution in [0.25, 0.3) is 10.6 Å². The van der Waals surface area contributed by atoms with E-state index in [4.69, 9.17) is 0 Å². The number of β-amino-alcohol motifs (C(OH)–C–C–N with tert-alkyl or cyclic N) is 1. The molecule has 3 heterocycles. The minimum Gasteiger partial charge on any atom is -0.391 e. The summed E-state index contributed by atoms with van der Waals surface area (Å²) in [6.45, 7) is 4.00. The Morgan fingerprint density at radius 3 is 2.81 bits per heavy atom. The maximum Gasteiger partial charge on any atom is 0.248 e. The molecule has 140 valence electrons. The summed E-state index contributed by atoms with van der Waals surface area (Å²) in [5.41, 5.74) is 0.711. The molecule has 1 fully saturated rings. The smallest absolute Gasteiger partial charge is 0.248 e. The molecule has 0 radical (unpaired) electrons. The van der Waals surface area contributed by atoms with Crippen LogP contribution in [0.3, 0.4) is 0 Å². The van der Waals surface area contributed by atoms with Gasteiger partial charge in [0.15, 0.2) is 0 Å². The van der Waals surface area contributed by atoms with Gasteiger partial charge in [0.05, 0.1) is 17.2 Å². The molecule has 1 aliphatic heterocycles. The summed E-state index contributed by atoms with van der Waals surface area (Å²) in [7, 11) is 1.53. The number of thiophene rings is 1. The Labute approximate surface area is 155 Å². The second kappa shape index (κ2) is 7.55. The zero-order valence-corrected chi connectivity index (χ0v) is 15.8. The van der Waals surface area contributed by atoms with Gasteiger partial charge in [-0.05, 0) is 17.4 Å². The van der Waals surface area contributed by atoms with Gasteiger partial charge in [-0.25, -0.2) is 4.68 Å². The van der Waals surface area contributed by atoms with E-state index in [0.717, 1.165) is 4.88 Å². The summed E-state index contributed by atoms with van der Waals surface area (Å²) in [4.78, 5) is 27.8. The molecule has 0 bridgehead atoms. The Morgan fingerprint density at radius 1 is 1.42 bits per heavy atom.